The quantitative estimate of drug-likeness (QED) is 0.595. The highest BCUT2D eigenvalue weighted by Crippen LogP contribution is 2.22. The van der Waals surface area contributed by atoms with Crippen LogP contribution in [0, 0.1) is 6.92 Å². The van der Waals surface area contributed by atoms with E-state index in [9.17, 15) is 8.42 Å². The molecule has 0 aliphatic carbocycles. The van der Waals surface area contributed by atoms with Crippen LogP contribution in [-0.2, 0) is 10.1 Å². The minimum Gasteiger partial charge on any atom is -0.506 e. The predicted molar refractivity (Wildman–Crippen MR) is 47.7 cm³/mol. The molecule has 0 aliphatic rings. The molecule has 1 aromatic rings. The molecule has 0 aromatic heterocycles. The number of benzene rings is 1. The van der Waals surface area contributed by atoms with Gasteiger partial charge in [-0.05, 0) is 24.6 Å². The molecule has 0 amide bonds. The maximum Gasteiger partial charge on any atom is 0.298 e. The van der Waals surface area contributed by atoms with E-state index in [1.54, 1.807) is 13.0 Å². The maximum atomic E-state index is 10.6. The summed E-state index contributed by atoms with van der Waals surface area (Å²) in [5, 5.41) is 9.03. The van der Waals surface area contributed by atoms with Crippen LogP contribution in [0.5, 0.6) is 5.75 Å². The van der Waals surface area contributed by atoms with Crippen LogP contribution in [0.2, 0.25) is 0 Å². The van der Waals surface area contributed by atoms with Crippen molar-refractivity contribution in [1.29, 1.82) is 0 Å². The molecule has 13 heavy (non-hydrogen) atoms. The molecular formula is C7H11NO4S. The summed E-state index contributed by atoms with van der Waals surface area (Å²) in [6.45, 7) is 1.66. The summed E-state index contributed by atoms with van der Waals surface area (Å²) in [6.07, 6.45) is 0. The first kappa shape index (κ1) is 11.9. The van der Waals surface area contributed by atoms with Crippen LogP contribution in [-0.4, -0.2) is 18.1 Å². The molecule has 0 atom stereocenters. The second-order valence-electron chi connectivity index (χ2n) is 2.45. The van der Waals surface area contributed by atoms with Crippen LogP contribution in [0.4, 0.5) is 0 Å². The molecule has 0 heterocycles. The number of hydrogen-bond donors (Lipinski definition) is 3. The average Bonchev–Trinajstić information content (AvgIpc) is 1.92. The van der Waals surface area contributed by atoms with Crippen molar-refractivity contribution in [3.8, 4) is 5.75 Å². The van der Waals surface area contributed by atoms with Crippen molar-refractivity contribution < 1.29 is 18.1 Å². The molecule has 0 unspecified atom stereocenters. The van der Waals surface area contributed by atoms with Gasteiger partial charge in [-0.15, -0.1) is 0 Å². The first-order chi connectivity index (χ1) is 5.41. The molecule has 0 fully saturated rings. The molecule has 1 rings (SSSR count). The SMILES string of the molecule is Cc1ccc(O)c(S(=O)(=O)O)c1.N. The van der Waals surface area contributed by atoms with Gasteiger partial charge in [-0.3, -0.25) is 4.55 Å². The van der Waals surface area contributed by atoms with E-state index in [2.05, 4.69) is 0 Å². The van der Waals surface area contributed by atoms with Crippen LogP contribution in [0.1, 0.15) is 5.56 Å². The smallest absolute Gasteiger partial charge is 0.298 e. The maximum absolute atomic E-state index is 10.6. The zero-order valence-electron chi connectivity index (χ0n) is 7.06. The third-order valence-electron chi connectivity index (χ3n) is 1.39. The van der Waals surface area contributed by atoms with Gasteiger partial charge < -0.3 is 11.3 Å². The summed E-state index contributed by atoms with van der Waals surface area (Å²) in [5.41, 5.74) is 0.653. The van der Waals surface area contributed by atoms with Crippen molar-refractivity contribution >= 4 is 10.1 Å². The largest absolute Gasteiger partial charge is 0.506 e. The van der Waals surface area contributed by atoms with Crippen LogP contribution >= 0.6 is 0 Å². The first-order valence-corrected chi connectivity index (χ1v) is 4.62. The highest BCUT2D eigenvalue weighted by Gasteiger charge is 2.14. The van der Waals surface area contributed by atoms with E-state index in [0.717, 1.165) is 0 Å². The second-order valence-corrected chi connectivity index (χ2v) is 3.84. The van der Waals surface area contributed by atoms with E-state index in [0.29, 0.717) is 5.56 Å². The number of hydrogen-bond acceptors (Lipinski definition) is 4. The van der Waals surface area contributed by atoms with Gasteiger partial charge in [0.05, 0.1) is 0 Å². The summed E-state index contributed by atoms with van der Waals surface area (Å²) in [6, 6.07) is 3.97. The lowest BCUT2D eigenvalue weighted by Crippen LogP contribution is -1.98. The zero-order valence-corrected chi connectivity index (χ0v) is 7.87. The van der Waals surface area contributed by atoms with Gasteiger partial charge in [0, 0.05) is 0 Å². The number of aryl methyl sites for hydroxylation is 1. The van der Waals surface area contributed by atoms with Gasteiger partial charge in [0.15, 0.2) is 0 Å². The fraction of sp³-hybridized carbons (Fsp3) is 0.143. The third-order valence-corrected chi connectivity index (χ3v) is 2.28. The Morgan fingerprint density at radius 1 is 1.31 bits per heavy atom. The number of phenolic OH excluding ortho intramolecular Hbond substituents is 1. The molecule has 0 aliphatic heterocycles. The van der Waals surface area contributed by atoms with E-state index in [4.69, 9.17) is 9.66 Å². The lowest BCUT2D eigenvalue weighted by atomic mass is 10.2. The number of phenols is 1. The van der Waals surface area contributed by atoms with Crippen molar-refractivity contribution in [1.82, 2.24) is 6.15 Å². The summed E-state index contributed by atoms with van der Waals surface area (Å²) in [7, 11) is -4.31. The summed E-state index contributed by atoms with van der Waals surface area (Å²) < 4.78 is 29.8. The highest BCUT2D eigenvalue weighted by atomic mass is 32.2. The second kappa shape index (κ2) is 3.73. The van der Waals surface area contributed by atoms with Crippen LogP contribution in [0.3, 0.4) is 0 Å². The topological polar surface area (TPSA) is 110 Å². The molecule has 0 saturated heterocycles. The fourth-order valence-corrected chi connectivity index (χ4v) is 1.50. The van der Waals surface area contributed by atoms with E-state index in [-0.39, 0.29) is 6.15 Å². The standard InChI is InChI=1S/C7H8O4S.H3N/c1-5-2-3-6(8)7(4-5)12(9,10)11;/h2-4,8H,1H3,(H,9,10,11);1H3. The Kier molecular flexibility index (Phi) is 3.42. The van der Waals surface area contributed by atoms with E-state index < -0.39 is 20.8 Å². The highest BCUT2D eigenvalue weighted by molar-refractivity contribution is 7.86. The van der Waals surface area contributed by atoms with Gasteiger partial charge in [0.1, 0.15) is 10.6 Å². The summed E-state index contributed by atoms with van der Waals surface area (Å²) >= 11 is 0. The lowest BCUT2D eigenvalue weighted by molar-refractivity contribution is 0.443. The van der Waals surface area contributed by atoms with Crippen molar-refractivity contribution in [3.63, 3.8) is 0 Å². The predicted octanol–water partition coefficient (Wildman–Crippen LogP) is 1.11. The molecule has 0 radical (unpaired) electrons. The van der Waals surface area contributed by atoms with E-state index in [1.165, 1.54) is 12.1 Å². The average molecular weight is 205 g/mol. The van der Waals surface area contributed by atoms with Gasteiger partial charge in [0.2, 0.25) is 0 Å². The Balaban J connectivity index is 0.00000144. The Morgan fingerprint density at radius 2 is 1.85 bits per heavy atom. The molecule has 6 heteroatoms. The third kappa shape index (κ3) is 2.69. The van der Waals surface area contributed by atoms with Crippen molar-refractivity contribution in [3.05, 3.63) is 23.8 Å². The van der Waals surface area contributed by atoms with Crippen LogP contribution in [0.25, 0.3) is 0 Å². The summed E-state index contributed by atoms with van der Waals surface area (Å²) in [5.74, 6) is -0.442. The van der Waals surface area contributed by atoms with Crippen LogP contribution < -0.4 is 6.15 Å². The zero-order chi connectivity index (χ0) is 9.35. The minimum absolute atomic E-state index is 0. The monoisotopic (exact) mass is 205 g/mol. The first-order valence-electron chi connectivity index (χ1n) is 3.18. The Labute approximate surface area is 76.4 Å². The molecule has 74 valence electrons. The van der Waals surface area contributed by atoms with E-state index in [1.807, 2.05) is 0 Å². The minimum atomic E-state index is -4.31. The lowest BCUT2D eigenvalue weighted by Gasteiger charge is -2.00. The van der Waals surface area contributed by atoms with Crippen molar-refractivity contribution in [2.24, 2.45) is 0 Å². The van der Waals surface area contributed by atoms with Gasteiger partial charge >= 0.3 is 0 Å². The van der Waals surface area contributed by atoms with Gasteiger partial charge in [-0.2, -0.15) is 8.42 Å². The molecule has 1 aromatic carbocycles. The molecule has 0 spiro atoms. The fourth-order valence-electron chi connectivity index (χ4n) is 0.828. The molecular weight excluding hydrogens is 194 g/mol. The summed E-state index contributed by atoms with van der Waals surface area (Å²) in [4.78, 5) is -0.456. The Bertz CT molecular complexity index is 399. The molecule has 0 bridgehead atoms. The molecule has 5 nitrogen and oxygen atoms in total. The van der Waals surface area contributed by atoms with E-state index >= 15 is 0 Å². The Morgan fingerprint density at radius 3 is 2.23 bits per heavy atom. The molecule has 0 saturated carbocycles. The van der Waals surface area contributed by atoms with Crippen molar-refractivity contribution in [2.75, 3.05) is 0 Å². The van der Waals surface area contributed by atoms with Crippen LogP contribution in [0.15, 0.2) is 23.1 Å². The van der Waals surface area contributed by atoms with Gasteiger partial charge in [-0.1, -0.05) is 6.07 Å². The Hall–Kier alpha value is -1.11. The number of aromatic hydroxyl groups is 1. The number of rotatable bonds is 1. The van der Waals surface area contributed by atoms with Crippen molar-refractivity contribution in [2.45, 2.75) is 11.8 Å². The van der Waals surface area contributed by atoms with Gasteiger partial charge in [-0.25, -0.2) is 0 Å². The molecule has 5 N–H and O–H groups in total. The normalized spacial score (nSPS) is 10.6. The van der Waals surface area contributed by atoms with Gasteiger partial charge in [0.25, 0.3) is 10.1 Å².